The maximum absolute atomic E-state index is 12.0. The van der Waals surface area contributed by atoms with E-state index in [1.165, 1.54) is 5.56 Å². The summed E-state index contributed by atoms with van der Waals surface area (Å²) in [6.45, 7) is 1.71. The molecule has 5 heteroatoms. The highest BCUT2D eigenvalue weighted by molar-refractivity contribution is 5.88. The van der Waals surface area contributed by atoms with Crippen molar-refractivity contribution in [2.24, 2.45) is 0 Å². The number of amides is 2. The van der Waals surface area contributed by atoms with Crippen LogP contribution in [-0.4, -0.2) is 42.9 Å². The molecule has 1 atom stereocenters. The van der Waals surface area contributed by atoms with Gasteiger partial charge in [-0.25, -0.2) is 0 Å². The highest BCUT2D eigenvalue weighted by Gasteiger charge is 2.22. The Kier molecular flexibility index (Phi) is 5.75. The predicted octanol–water partition coefficient (Wildman–Crippen LogP) is 0.903. The molecule has 1 saturated heterocycles. The van der Waals surface area contributed by atoms with E-state index in [4.69, 9.17) is 0 Å². The summed E-state index contributed by atoms with van der Waals surface area (Å²) in [7, 11) is 1.90. The molecule has 0 aromatic heterocycles. The number of nitrogens with one attached hydrogen (secondary N) is 2. The van der Waals surface area contributed by atoms with Gasteiger partial charge in [-0.2, -0.15) is 0 Å². The topological polar surface area (TPSA) is 61.4 Å². The summed E-state index contributed by atoms with van der Waals surface area (Å²) in [5, 5.41) is 5.66. The zero-order chi connectivity index (χ0) is 15.1. The van der Waals surface area contributed by atoms with Gasteiger partial charge in [-0.05, 0) is 31.9 Å². The molecule has 2 N–H and O–H groups in total. The number of benzene rings is 1. The molecule has 0 aliphatic carbocycles. The van der Waals surface area contributed by atoms with Gasteiger partial charge >= 0.3 is 0 Å². The third-order valence-electron chi connectivity index (χ3n) is 3.58. The van der Waals surface area contributed by atoms with Crippen molar-refractivity contribution in [3.8, 4) is 0 Å². The van der Waals surface area contributed by atoms with Gasteiger partial charge in [-0.1, -0.05) is 30.3 Å². The zero-order valence-electron chi connectivity index (χ0n) is 12.5. The van der Waals surface area contributed by atoms with Crippen molar-refractivity contribution in [2.75, 3.05) is 20.1 Å². The number of nitrogens with zero attached hydrogens (tertiary/aromatic N) is 1. The number of likely N-dealkylation sites (N-methyl/N-ethyl adjacent to an activating group) is 1. The van der Waals surface area contributed by atoms with Crippen LogP contribution in [0.5, 0.6) is 0 Å². The van der Waals surface area contributed by atoms with Gasteiger partial charge in [0.05, 0.1) is 6.54 Å². The first-order valence-corrected chi connectivity index (χ1v) is 7.44. The normalized spacial score (nSPS) is 19.0. The maximum atomic E-state index is 12.0. The molecule has 0 saturated carbocycles. The summed E-state index contributed by atoms with van der Waals surface area (Å²) >= 11 is 0. The van der Waals surface area contributed by atoms with Crippen molar-refractivity contribution in [1.29, 1.82) is 0 Å². The molecule has 21 heavy (non-hydrogen) atoms. The van der Waals surface area contributed by atoms with E-state index in [9.17, 15) is 9.59 Å². The van der Waals surface area contributed by atoms with Gasteiger partial charge in [0.15, 0.2) is 0 Å². The predicted molar refractivity (Wildman–Crippen MR) is 81.6 cm³/mol. The zero-order valence-corrected chi connectivity index (χ0v) is 12.5. The second-order valence-corrected chi connectivity index (χ2v) is 5.56. The molecule has 0 radical (unpaired) electrons. The molecule has 2 amide bonds. The van der Waals surface area contributed by atoms with Crippen LogP contribution in [0.2, 0.25) is 0 Å². The van der Waals surface area contributed by atoms with Crippen LogP contribution in [0.25, 0.3) is 0 Å². The SMILES string of the molecule is CN(CC(=O)N[C@@H]1CCCCNC1=O)Cc1ccccc1. The van der Waals surface area contributed by atoms with E-state index >= 15 is 0 Å². The first kappa shape index (κ1) is 15.5. The minimum absolute atomic E-state index is 0.0634. The third kappa shape index (κ3) is 5.19. The van der Waals surface area contributed by atoms with E-state index in [-0.39, 0.29) is 17.9 Å². The summed E-state index contributed by atoms with van der Waals surface area (Å²) in [6.07, 6.45) is 2.66. The molecule has 1 aromatic rings. The van der Waals surface area contributed by atoms with Crippen molar-refractivity contribution in [1.82, 2.24) is 15.5 Å². The molecule has 1 aliphatic rings. The average molecular weight is 289 g/mol. The Hall–Kier alpha value is -1.88. The monoisotopic (exact) mass is 289 g/mol. The Morgan fingerprint density at radius 1 is 1.33 bits per heavy atom. The summed E-state index contributed by atoms with van der Waals surface area (Å²) in [5.74, 6) is -0.165. The Morgan fingerprint density at radius 2 is 2.10 bits per heavy atom. The molecule has 5 nitrogen and oxygen atoms in total. The summed E-state index contributed by atoms with van der Waals surface area (Å²) < 4.78 is 0. The largest absolute Gasteiger partial charge is 0.354 e. The van der Waals surface area contributed by atoms with Crippen molar-refractivity contribution >= 4 is 11.8 Å². The number of carbonyl (C=O) groups excluding carboxylic acids is 2. The van der Waals surface area contributed by atoms with E-state index < -0.39 is 0 Å². The van der Waals surface area contributed by atoms with E-state index in [2.05, 4.69) is 10.6 Å². The van der Waals surface area contributed by atoms with E-state index in [1.54, 1.807) is 0 Å². The van der Waals surface area contributed by atoms with Crippen LogP contribution in [0.3, 0.4) is 0 Å². The number of carbonyl (C=O) groups is 2. The van der Waals surface area contributed by atoms with Gasteiger partial charge in [0.1, 0.15) is 6.04 Å². The molecular formula is C16H23N3O2. The molecule has 2 rings (SSSR count). The highest BCUT2D eigenvalue weighted by Crippen LogP contribution is 2.06. The Morgan fingerprint density at radius 3 is 2.86 bits per heavy atom. The lowest BCUT2D eigenvalue weighted by Gasteiger charge is -2.19. The van der Waals surface area contributed by atoms with Crippen LogP contribution in [0.15, 0.2) is 30.3 Å². The van der Waals surface area contributed by atoms with Gasteiger partial charge in [0, 0.05) is 13.1 Å². The summed E-state index contributed by atoms with van der Waals surface area (Å²) in [5.41, 5.74) is 1.17. The van der Waals surface area contributed by atoms with Crippen molar-refractivity contribution in [2.45, 2.75) is 31.8 Å². The fourth-order valence-electron chi connectivity index (χ4n) is 2.51. The first-order chi connectivity index (χ1) is 10.1. The lowest BCUT2D eigenvalue weighted by molar-refractivity contribution is -0.129. The molecule has 1 heterocycles. The van der Waals surface area contributed by atoms with Crippen LogP contribution >= 0.6 is 0 Å². The van der Waals surface area contributed by atoms with Crippen LogP contribution in [0, 0.1) is 0 Å². The Labute approximate surface area is 125 Å². The lowest BCUT2D eigenvalue weighted by Crippen LogP contribution is -2.48. The molecule has 0 spiro atoms. The van der Waals surface area contributed by atoms with Gasteiger partial charge in [-0.15, -0.1) is 0 Å². The fraction of sp³-hybridized carbons (Fsp3) is 0.500. The fourth-order valence-corrected chi connectivity index (χ4v) is 2.51. The van der Waals surface area contributed by atoms with Gasteiger partial charge in [0.2, 0.25) is 11.8 Å². The molecule has 1 fully saturated rings. The highest BCUT2D eigenvalue weighted by atomic mass is 16.2. The van der Waals surface area contributed by atoms with Crippen molar-refractivity contribution in [3.05, 3.63) is 35.9 Å². The van der Waals surface area contributed by atoms with E-state index in [1.807, 2.05) is 42.3 Å². The smallest absolute Gasteiger partial charge is 0.242 e. The molecule has 0 bridgehead atoms. The van der Waals surface area contributed by atoms with Crippen LogP contribution in [-0.2, 0) is 16.1 Å². The second kappa shape index (κ2) is 7.78. The molecule has 1 aromatic carbocycles. The number of hydrogen-bond donors (Lipinski definition) is 2. The first-order valence-electron chi connectivity index (χ1n) is 7.44. The minimum atomic E-state index is -0.384. The van der Waals surface area contributed by atoms with Gasteiger partial charge < -0.3 is 10.6 Å². The standard InChI is InChI=1S/C16H23N3O2/c1-19(11-13-7-3-2-4-8-13)12-15(20)18-14-9-5-6-10-17-16(14)21/h2-4,7-8,14H,5-6,9-12H2,1H3,(H,17,21)(H,18,20)/t14-/m1/s1. The van der Waals surface area contributed by atoms with Crippen molar-refractivity contribution in [3.63, 3.8) is 0 Å². The van der Waals surface area contributed by atoms with Crippen molar-refractivity contribution < 1.29 is 9.59 Å². The van der Waals surface area contributed by atoms with E-state index in [0.29, 0.717) is 19.6 Å². The second-order valence-electron chi connectivity index (χ2n) is 5.56. The van der Waals surface area contributed by atoms with Gasteiger partial charge in [-0.3, -0.25) is 14.5 Å². The van der Waals surface area contributed by atoms with Crippen LogP contribution in [0.1, 0.15) is 24.8 Å². The lowest BCUT2D eigenvalue weighted by atomic mass is 10.1. The molecule has 114 valence electrons. The average Bonchev–Trinajstić information content (AvgIpc) is 2.65. The molecule has 0 unspecified atom stereocenters. The third-order valence-corrected chi connectivity index (χ3v) is 3.58. The van der Waals surface area contributed by atoms with Gasteiger partial charge in [0.25, 0.3) is 0 Å². The maximum Gasteiger partial charge on any atom is 0.242 e. The van der Waals surface area contributed by atoms with E-state index in [0.717, 1.165) is 19.3 Å². The number of hydrogen-bond acceptors (Lipinski definition) is 3. The Bertz CT molecular complexity index is 476. The summed E-state index contributed by atoms with van der Waals surface area (Å²) in [4.78, 5) is 25.8. The quantitative estimate of drug-likeness (QED) is 0.847. The Balaban J connectivity index is 1.79. The van der Waals surface area contributed by atoms with Crippen LogP contribution in [0.4, 0.5) is 0 Å². The van der Waals surface area contributed by atoms with Crippen LogP contribution < -0.4 is 10.6 Å². The molecular weight excluding hydrogens is 266 g/mol. The minimum Gasteiger partial charge on any atom is -0.354 e. The number of rotatable bonds is 5. The summed E-state index contributed by atoms with van der Waals surface area (Å²) in [6, 6.07) is 9.63. The molecule has 1 aliphatic heterocycles.